The highest BCUT2D eigenvalue weighted by molar-refractivity contribution is 5.93. The van der Waals surface area contributed by atoms with Crippen LogP contribution >= 0.6 is 0 Å². The number of nitrogens with two attached hydrogens (primary N) is 1. The molecular weight excluding hydrogens is 440 g/mol. The van der Waals surface area contributed by atoms with Crippen LogP contribution in [0.4, 0.5) is 4.79 Å². The van der Waals surface area contributed by atoms with Gasteiger partial charge in [-0.3, -0.25) is 19.3 Å². The highest BCUT2D eigenvalue weighted by atomic mass is 16.6. The van der Waals surface area contributed by atoms with Crippen LogP contribution in [-0.4, -0.2) is 51.0 Å². The molecule has 0 aromatic heterocycles. The average molecular weight is 475 g/mol. The summed E-state index contributed by atoms with van der Waals surface area (Å²) in [6.45, 7) is 10.2. The van der Waals surface area contributed by atoms with Gasteiger partial charge in [-0.15, -0.1) is 0 Å². The van der Waals surface area contributed by atoms with Crippen molar-refractivity contribution in [1.82, 2.24) is 15.5 Å². The Kier molecular flexibility index (Phi) is 9.49. The molecule has 0 saturated carbocycles. The van der Waals surface area contributed by atoms with Crippen molar-refractivity contribution in [2.45, 2.75) is 77.6 Å². The summed E-state index contributed by atoms with van der Waals surface area (Å²) < 4.78 is 5.21. The lowest BCUT2D eigenvalue weighted by Crippen LogP contribution is -2.53. The lowest BCUT2D eigenvalue weighted by atomic mass is 10.00. The van der Waals surface area contributed by atoms with Gasteiger partial charge in [-0.25, -0.2) is 4.79 Å². The van der Waals surface area contributed by atoms with E-state index in [1.807, 2.05) is 0 Å². The predicted molar refractivity (Wildman–Crippen MR) is 126 cm³/mol. The van der Waals surface area contributed by atoms with E-state index in [0.29, 0.717) is 0 Å². The Labute approximate surface area is 200 Å². The monoisotopic (exact) mass is 474 g/mol. The molecule has 0 bridgehead atoms. The summed E-state index contributed by atoms with van der Waals surface area (Å²) in [6.07, 6.45) is 4.36. The second-order valence-electron chi connectivity index (χ2n) is 9.78. The van der Waals surface area contributed by atoms with E-state index in [1.165, 1.54) is 24.3 Å². The third-order valence-corrected chi connectivity index (χ3v) is 4.24. The Morgan fingerprint density at radius 2 is 1.79 bits per heavy atom. The molecule has 0 spiro atoms. The topological polar surface area (TPSA) is 151 Å². The van der Waals surface area contributed by atoms with E-state index >= 15 is 0 Å². The minimum atomic E-state index is -1.33. The van der Waals surface area contributed by atoms with Gasteiger partial charge >= 0.3 is 6.09 Å². The number of carbonyl (C=O) groups excluding carboxylic acids is 4. The first kappa shape index (κ1) is 28.3. The summed E-state index contributed by atoms with van der Waals surface area (Å²) in [6, 6.07) is 5.32. The number of nitrogens with one attached hydrogen (secondary N) is 2. The number of amides is 4. The lowest BCUT2D eigenvalue weighted by molar-refractivity contribution is -0.139. The van der Waals surface area contributed by atoms with Crippen LogP contribution in [0.2, 0.25) is 0 Å². The zero-order chi connectivity index (χ0) is 26.3. The number of carbonyl (C=O) groups is 4. The van der Waals surface area contributed by atoms with Crippen molar-refractivity contribution >= 4 is 23.8 Å². The van der Waals surface area contributed by atoms with Gasteiger partial charge in [0, 0.05) is 18.0 Å². The maximum Gasteiger partial charge on any atom is 0.408 e. The molecule has 0 radical (unpaired) electrons. The normalized spacial score (nSPS) is 13.1. The molecule has 186 valence electrons. The molecule has 10 nitrogen and oxygen atoms in total. The minimum absolute atomic E-state index is 0.132. The van der Waals surface area contributed by atoms with Gasteiger partial charge in [-0.05, 0) is 65.7 Å². The van der Waals surface area contributed by atoms with E-state index < -0.39 is 47.0 Å². The molecule has 2 unspecified atom stereocenters. The molecular formula is C24H34N4O6. The number of primary amides is 1. The highest BCUT2D eigenvalue weighted by Gasteiger charge is 2.37. The standard InChI is InChI=1S/C24H34N4O6/c1-8-28(19(20(31)27-23(2,3)4)15-10-9-11-16(29)14-15)21(32)17(12-13-18(25)30)26-22(33)34-24(5,6)7/h1,9-11,14,17,19,29H,12-13H2,2-7H3,(H2,25,30)(H,26,33)(H,27,31). The average Bonchev–Trinajstić information content (AvgIpc) is 2.65. The Morgan fingerprint density at radius 1 is 1.18 bits per heavy atom. The summed E-state index contributed by atoms with van der Waals surface area (Å²) in [5.41, 5.74) is 3.98. The van der Waals surface area contributed by atoms with Crippen LogP contribution < -0.4 is 16.4 Å². The van der Waals surface area contributed by atoms with E-state index in [2.05, 4.69) is 16.7 Å². The van der Waals surface area contributed by atoms with Crippen molar-refractivity contribution in [2.75, 3.05) is 0 Å². The molecule has 1 aromatic carbocycles. The van der Waals surface area contributed by atoms with E-state index in [-0.39, 0.29) is 24.2 Å². The van der Waals surface area contributed by atoms with Crippen molar-refractivity contribution in [3.05, 3.63) is 29.8 Å². The fourth-order valence-corrected chi connectivity index (χ4v) is 2.98. The highest BCUT2D eigenvalue weighted by Crippen LogP contribution is 2.26. The molecule has 4 amide bonds. The van der Waals surface area contributed by atoms with Gasteiger partial charge in [0.1, 0.15) is 23.4 Å². The molecule has 5 N–H and O–H groups in total. The fourth-order valence-electron chi connectivity index (χ4n) is 2.98. The molecule has 10 heteroatoms. The summed E-state index contributed by atoms with van der Waals surface area (Å²) in [7, 11) is 0. The van der Waals surface area contributed by atoms with E-state index in [4.69, 9.17) is 16.9 Å². The van der Waals surface area contributed by atoms with Crippen LogP contribution in [0.15, 0.2) is 24.3 Å². The van der Waals surface area contributed by atoms with Crippen LogP contribution in [0.3, 0.4) is 0 Å². The first-order valence-electron chi connectivity index (χ1n) is 10.7. The molecule has 1 rings (SSSR count). The number of benzene rings is 1. The number of ether oxygens (including phenoxy) is 1. The van der Waals surface area contributed by atoms with Gasteiger partial charge in [0.25, 0.3) is 5.91 Å². The SMILES string of the molecule is C#CN(C(=O)C(CCC(N)=O)NC(=O)OC(C)(C)C)C(C(=O)NC(C)(C)C)c1cccc(O)c1. The maximum atomic E-state index is 13.5. The van der Waals surface area contributed by atoms with Crippen molar-refractivity contribution in [3.63, 3.8) is 0 Å². The molecule has 0 saturated heterocycles. The summed E-state index contributed by atoms with van der Waals surface area (Å²) in [4.78, 5) is 51.2. The minimum Gasteiger partial charge on any atom is -0.508 e. The van der Waals surface area contributed by atoms with Crippen molar-refractivity contribution < 1.29 is 29.0 Å². The van der Waals surface area contributed by atoms with E-state index in [1.54, 1.807) is 41.5 Å². The second-order valence-corrected chi connectivity index (χ2v) is 9.78. The van der Waals surface area contributed by atoms with Crippen LogP contribution in [0.1, 0.15) is 66.0 Å². The van der Waals surface area contributed by atoms with Crippen LogP contribution in [-0.2, 0) is 19.1 Å². The quantitative estimate of drug-likeness (QED) is 0.334. The number of aromatic hydroxyl groups is 1. The third-order valence-electron chi connectivity index (χ3n) is 4.24. The Hall–Kier alpha value is -3.74. The number of rotatable bonds is 8. The summed E-state index contributed by atoms with van der Waals surface area (Å²) in [5, 5.41) is 15.1. The van der Waals surface area contributed by atoms with Crippen LogP contribution in [0, 0.1) is 12.5 Å². The van der Waals surface area contributed by atoms with Crippen molar-refractivity contribution in [3.8, 4) is 18.2 Å². The molecule has 0 aliphatic heterocycles. The molecule has 0 aliphatic carbocycles. The van der Waals surface area contributed by atoms with E-state index in [0.717, 1.165) is 4.90 Å². The summed E-state index contributed by atoms with van der Waals surface area (Å²) >= 11 is 0. The van der Waals surface area contributed by atoms with Crippen molar-refractivity contribution in [2.24, 2.45) is 5.73 Å². The van der Waals surface area contributed by atoms with Crippen LogP contribution in [0.25, 0.3) is 0 Å². The van der Waals surface area contributed by atoms with Crippen molar-refractivity contribution in [1.29, 1.82) is 0 Å². The first-order chi connectivity index (χ1) is 15.5. The lowest BCUT2D eigenvalue weighted by Gasteiger charge is -2.32. The van der Waals surface area contributed by atoms with Crippen LogP contribution in [0.5, 0.6) is 5.75 Å². The number of hydrogen-bond acceptors (Lipinski definition) is 6. The molecule has 2 atom stereocenters. The van der Waals surface area contributed by atoms with Gasteiger partial charge in [0.05, 0.1) is 0 Å². The second kappa shape index (κ2) is 11.4. The largest absolute Gasteiger partial charge is 0.508 e. The Morgan fingerprint density at radius 3 is 2.26 bits per heavy atom. The van der Waals surface area contributed by atoms with Gasteiger partial charge in [0.2, 0.25) is 11.8 Å². The number of phenols is 1. The predicted octanol–water partition coefficient (Wildman–Crippen LogP) is 1.93. The Balaban J connectivity index is 3.41. The maximum absolute atomic E-state index is 13.5. The molecule has 34 heavy (non-hydrogen) atoms. The summed E-state index contributed by atoms with van der Waals surface area (Å²) in [5.74, 6) is -2.25. The zero-order valence-corrected chi connectivity index (χ0v) is 20.5. The first-order valence-corrected chi connectivity index (χ1v) is 10.7. The Bertz CT molecular complexity index is 955. The molecule has 0 fully saturated rings. The van der Waals surface area contributed by atoms with Gasteiger partial charge in [-0.2, -0.15) is 0 Å². The number of phenolic OH excluding ortho intramolecular Hbond substituents is 1. The smallest absolute Gasteiger partial charge is 0.408 e. The fraction of sp³-hybridized carbons (Fsp3) is 0.500. The van der Waals surface area contributed by atoms with Gasteiger partial charge < -0.3 is 26.2 Å². The molecule has 0 aliphatic rings. The van der Waals surface area contributed by atoms with Gasteiger partial charge in [-0.1, -0.05) is 18.6 Å². The number of nitrogens with zero attached hydrogens (tertiary/aromatic N) is 1. The number of hydrogen-bond donors (Lipinski definition) is 4. The third kappa shape index (κ3) is 9.40. The number of alkyl carbamates (subject to hydrolysis) is 1. The number of terminal acetylenes is 1. The zero-order valence-electron chi connectivity index (χ0n) is 20.5. The molecule has 1 aromatic rings. The molecule has 0 heterocycles. The van der Waals surface area contributed by atoms with Gasteiger partial charge in [0.15, 0.2) is 0 Å². The van der Waals surface area contributed by atoms with E-state index in [9.17, 15) is 24.3 Å².